The SMILES string of the molecule is CCOc1cc(/C=C(\C#N)C(=O)Nc2ccc(CC)cc2)ccc1OCc1ccccc1C#N. The summed E-state index contributed by atoms with van der Waals surface area (Å²) in [6, 6.07) is 24.0. The van der Waals surface area contributed by atoms with Crippen LogP contribution < -0.4 is 14.8 Å². The number of hydrogen-bond donors (Lipinski definition) is 1. The van der Waals surface area contributed by atoms with Gasteiger partial charge in [0.25, 0.3) is 5.91 Å². The molecule has 0 radical (unpaired) electrons. The third-order valence-electron chi connectivity index (χ3n) is 5.08. The van der Waals surface area contributed by atoms with Crippen molar-refractivity contribution in [2.45, 2.75) is 26.9 Å². The molecule has 1 amide bonds. The third-order valence-corrected chi connectivity index (χ3v) is 5.08. The standard InChI is InChI=1S/C28H25N3O3/c1-3-20-9-12-25(13-10-20)31-28(32)24(18-30)15-21-11-14-26(27(16-21)33-4-2)34-19-23-8-6-5-7-22(23)17-29/h5-16H,3-4,19H2,1-2H3,(H,31,32)/b24-15+. The molecule has 0 aliphatic heterocycles. The Morgan fingerprint density at radius 1 is 0.971 bits per heavy atom. The molecule has 170 valence electrons. The zero-order chi connectivity index (χ0) is 24.3. The van der Waals surface area contributed by atoms with Crippen LogP contribution >= 0.6 is 0 Å². The van der Waals surface area contributed by atoms with Gasteiger partial charge in [0.15, 0.2) is 11.5 Å². The second-order valence-electron chi connectivity index (χ2n) is 7.37. The zero-order valence-electron chi connectivity index (χ0n) is 19.2. The van der Waals surface area contributed by atoms with Gasteiger partial charge >= 0.3 is 0 Å². The Bertz CT molecular complexity index is 1270. The second-order valence-corrected chi connectivity index (χ2v) is 7.37. The van der Waals surface area contributed by atoms with Crippen molar-refractivity contribution < 1.29 is 14.3 Å². The summed E-state index contributed by atoms with van der Waals surface area (Å²) in [7, 11) is 0. The predicted octanol–water partition coefficient (Wildman–Crippen LogP) is 5.64. The summed E-state index contributed by atoms with van der Waals surface area (Å²) in [6.07, 6.45) is 2.41. The predicted molar refractivity (Wildman–Crippen MR) is 131 cm³/mol. The average molecular weight is 452 g/mol. The van der Waals surface area contributed by atoms with Gasteiger partial charge in [0.05, 0.1) is 18.2 Å². The molecule has 3 aromatic carbocycles. The number of benzene rings is 3. The van der Waals surface area contributed by atoms with Gasteiger partial charge in [-0.2, -0.15) is 10.5 Å². The maximum atomic E-state index is 12.6. The first kappa shape index (κ1) is 24.1. The Hall–Kier alpha value is -4.55. The van der Waals surface area contributed by atoms with Crippen LogP contribution in [0.4, 0.5) is 5.69 Å². The van der Waals surface area contributed by atoms with Crippen LogP contribution in [0.25, 0.3) is 6.08 Å². The van der Waals surface area contributed by atoms with Crippen LogP contribution in [0.15, 0.2) is 72.3 Å². The molecule has 34 heavy (non-hydrogen) atoms. The molecule has 0 saturated heterocycles. The second kappa shape index (κ2) is 11.9. The average Bonchev–Trinajstić information content (AvgIpc) is 2.87. The van der Waals surface area contributed by atoms with E-state index in [1.165, 1.54) is 6.08 Å². The van der Waals surface area contributed by atoms with Crippen molar-refractivity contribution >= 4 is 17.7 Å². The number of ether oxygens (including phenoxy) is 2. The molecule has 0 aromatic heterocycles. The van der Waals surface area contributed by atoms with Crippen molar-refractivity contribution in [3.8, 4) is 23.6 Å². The van der Waals surface area contributed by atoms with Crippen LogP contribution in [-0.4, -0.2) is 12.5 Å². The van der Waals surface area contributed by atoms with Crippen LogP contribution in [0.3, 0.4) is 0 Å². The van der Waals surface area contributed by atoms with E-state index in [4.69, 9.17) is 9.47 Å². The minimum atomic E-state index is -0.488. The minimum absolute atomic E-state index is 0.0290. The van der Waals surface area contributed by atoms with Crippen molar-refractivity contribution in [3.05, 3.63) is 94.6 Å². The summed E-state index contributed by atoms with van der Waals surface area (Å²) in [6.45, 7) is 4.54. The van der Waals surface area contributed by atoms with Gasteiger partial charge < -0.3 is 14.8 Å². The Morgan fingerprint density at radius 2 is 1.74 bits per heavy atom. The largest absolute Gasteiger partial charge is 0.490 e. The number of aryl methyl sites for hydroxylation is 1. The first-order chi connectivity index (χ1) is 16.6. The van der Waals surface area contributed by atoms with Crippen LogP contribution in [0, 0.1) is 22.7 Å². The maximum Gasteiger partial charge on any atom is 0.266 e. The van der Waals surface area contributed by atoms with Crippen molar-refractivity contribution in [1.29, 1.82) is 10.5 Å². The number of nitrogens with zero attached hydrogens (tertiary/aromatic N) is 2. The molecule has 0 unspecified atom stereocenters. The maximum absolute atomic E-state index is 12.6. The molecule has 0 atom stereocenters. The molecule has 0 saturated carbocycles. The van der Waals surface area contributed by atoms with E-state index in [1.54, 1.807) is 30.3 Å². The van der Waals surface area contributed by atoms with Gasteiger partial charge in [-0.1, -0.05) is 43.3 Å². The van der Waals surface area contributed by atoms with Gasteiger partial charge in [-0.05, 0) is 60.9 Å². The Balaban J connectivity index is 1.78. The lowest BCUT2D eigenvalue weighted by Gasteiger charge is -2.13. The zero-order valence-corrected chi connectivity index (χ0v) is 19.2. The molecule has 3 rings (SSSR count). The highest BCUT2D eigenvalue weighted by molar-refractivity contribution is 6.09. The summed E-state index contributed by atoms with van der Waals surface area (Å²) >= 11 is 0. The van der Waals surface area contributed by atoms with Gasteiger partial charge in [-0.3, -0.25) is 4.79 Å². The molecule has 0 aliphatic rings. The van der Waals surface area contributed by atoms with Gasteiger partial charge in [-0.25, -0.2) is 0 Å². The molecule has 0 spiro atoms. The highest BCUT2D eigenvalue weighted by atomic mass is 16.5. The van der Waals surface area contributed by atoms with Crippen LogP contribution in [-0.2, 0) is 17.8 Å². The normalized spacial score (nSPS) is 10.6. The number of nitriles is 2. The molecular formula is C28H25N3O3. The Labute approximate surface area is 199 Å². The monoisotopic (exact) mass is 451 g/mol. The molecule has 3 aromatic rings. The fourth-order valence-electron chi connectivity index (χ4n) is 3.25. The van der Waals surface area contributed by atoms with Crippen molar-refractivity contribution in [2.24, 2.45) is 0 Å². The van der Waals surface area contributed by atoms with E-state index in [2.05, 4.69) is 18.3 Å². The number of nitrogens with one attached hydrogen (secondary N) is 1. The lowest BCUT2D eigenvalue weighted by molar-refractivity contribution is -0.112. The molecule has 6 nitrogen and oxygen atoms in total. The van der Waals surface area contributed by atoms with Gasteiger partial charge in [0, 0.05) is 11.3 Å². The number of hydrogen-bond acceptors (Lipinski definition) is 5. The van der Waals surface area contributed by atoms with Gasteiger partial charge in [0.2, 0.25) is 0 Å². The van der Waals surface area contributed by atoms with E-state index >= 15 is 0 Å². The smallest absolute Gasteiger partial charge is 0.266 e. The number of amides is 1. The lowest BCUT2D eigenvalue weighted by Crippen LogP contribution is -2.13. The van der Waals surface area contributed by atoms with E-state index in [-0.39, 0.29) is 12.2 Å². The number of anilines is 1. The molecule has 1 N–H and O–H groups in total. The van der Waals surface area contributed by atoms with Crippen LogP contribution in [0.2, 0.25) is 0 Å². The van der Waals surface area contributed by atoms with Crippen molar-refractivity contribution in [2.75, 3.05) is 11.9 Å². The molecular weight excluding hydrogens is 426 g/mol. The van der Waals surface area contributed by atoms with Gasteiger partial charge in [-0.15, -0.1) is 0 Å². The first-order valence-corrected chi connectivity index (χ1v) is 11.0. The fraction of sp³-hybridized carbons (Fsp3) is 0.179. The molecule has 6 heteroatoms. The van der Waals surface area contributed by atoms with E-state index in [0.717, 1.165) is 17.5 Å². The van der Waals surface area contributed by atoms with E-state index in [0.29, 0.717) is 34.9 Å². The highest BCUT2D eigenvalue weighted by Gasteiger charge is 2.12. The molecule has 0 fully saturated rings. The summed E-state index contributed by atoms with van der Waals surface area (Å²) < 4.78 is 11.6. The molecule has 0 aliphatic carbocycles. The van der Waals surface area contributed by atoms with E-state index < -0.39 is 5.91 Å². The highest BCUT2D eigenvalue weighted by Crippen LogP contribution is 2.30. The third kappa shape index (κ3) is 6.25. The van der Waals surface area contributed by atoms with Crippen molar-refractivity contribution in [1.82, 2.24) is 0 Å². The number of carbonyl (C=O) groups is 1. The minimum Gasteiger partial charge on any atom is -0.490 e. The molecule has 0 bridgehead atoms. The topological polar surface area (TPSA) is 95.1 Å². The first-order valence-electron chi connectivity index (χ1n) is 11.0. The fourth-order valence-corrected chi connectivity index (χ4v) is 3.25. The van der Waals surface area contributed by atoms with E-state index in [1.807, 2.05) is 49.4 Å². The van der Waals surface area contributed by atoms with Crippen LogP contribution in [0.1, 0.15) is 36.1 Å². The summed E-state index contributed by atoms with van der Waals surface area (Å²) in [5, 5.41) is 21.6. The number of carbonyl (C=O) groups excluding carboxylic acids is 1. The van der Waals surface area contributed by atoms with E-state index in [9.17, 15) is 15.3 Å². The summed E-state index contributed by atoms with van der Waals surface area (Å²) in [5.74, 6) is 0.502. The quantitative estimate of drug-likeness (QED) is 0.335. The Morgan fingerprint density at radius 3 is 2.41 bits per heavy atom. The number of rotatable bonds is 9. The summed E-state index contributed by atoms with van der Waals surface area (Å²) in [5.41, 5.74) is 3.71. The van der Waals surface area contributed by atoms with Crippen molar-refractivity contribution in [3.63, 3.8) is 0 Å². The Kier molecular flexibility index (Phi) is 8.43. The molecule has 0 heterocycles. The van der Waals surface area contributed by atoms with Gasteiger partial charge in [0.1, 0.15) is 18.2 Å². The summed E-state index contributed by atoms with van der Waals surface area (Å²) in [4.78, 5) is 12.6. The van der Waals surface area contributed by atoms with Crippen LogP contribution in [0.5, 0.6) is 11.5 Å². The lowest BCUT2D eigenvalue weighted by atomic mass is 10.1.